The van der Waals surface area contributed by atoms with Gasteiger partial charge in [0.1, 0.15) is 4.90 Å². The molecule has 0 amide bonds. The van der Waals surface area contributed by atoms with Gasteiger partial charge in [-0.1, -0.05) is 53.5 Å². The van der Waals surface area contributed by atoms with E-state index in [0.29, 0.717) is 5.56 Å². The summed E-state index contributed by atoms with van der Waals surface area (Å²) >= 11 is 11.7. The molecule has 5 nitrogen and oxygen atoms in total. The van der Waals surface area contributed by atoms with Crippen molar-refractivity contribution in [3.05, 3.63) is 64.1 Å². The average molecular weight is 422 g/mol. The molecule has 1 N–H and O–H groups in total. The molecule has 0 aliphatic heterocycles. The summed E-state index contributed by atoms with van der Waals surface area (Å²) in [6.07, 6.45) is 0.159. The fourth-order valence-corrected chi connectivity index (χ4v) is 5.42. The van der Waals surface area contributed by atoms with E-state index >= 15 is 0 Å². The first kappa shape index (κ1) is 20.2. The zero-order valence-corrected chi connectivity index (χ0v) is 16.3. The third kappa shape index (κ3) is 6.27. The number of rotatable bonds is 8. The molecule has 0 fully saturated rings. The minimum atomic E-state index is -3.85. The molecule has 0 spiro atoms. The Morgan fingerprint density at radius 2 is 1.60 bits per heavy atom. The molecule has 0 aliphatic carbocycles. The Balaban J connectivity index is 1.91. The van der Waals surface area contributed by atoms with Crippen molar-refractivity contribution in [3.8, 4) is 0 Å². The summed E-state index contributed by atoms with van der Waals surface area (Å²) in [6, 6.07) is 13.0. The largest absolute Gasteiger partial charge is 0.242 e. The van der Waals surface area contributed by atoms with Gasteiger partial charge in [0.15, 0.2) is 9.84 Å². The van der Waals surface area contributed by atoms with Gasteiger partial charge in [-0.15, -0.1) is 0 Å². The van der Waals surface area contributed by atoms with E-state index in [4.69, 9.17) is 23.2 Å². The number of hydrogen-bond donors (Lipinski definition) is 1. The minimum Gasteiger partial charge on any atom is -0.228 e. The maximum atomic E-state index is 12.2. The van der Waals surface area contributed by atoms with Crippen LogP contribution in [-0.4, -0.2) is 29.1 Å². The molecule has 2 aromatic carbocycles. The number of sulfonamides is 1. The van der Waals surface area contributed by atoms with Gasteiger partial charge in [-0.25, -0.2) is 21.6 Å². The van der Waals surface area contributed by atoms with Crippen LogP contribution in [0.15, 0.2) is 53.4 Å². The third-order valence-electron chi connectivity index (χ3n) is 3.34. The zero-order valence-electron chi connectivity index (χ0n) is 13.2. The van der Waals surface area contributed by atoms with E-state index in [9.17, 15) is 16.8 Å². The Labute approximate surface area is 157 Å². The Bertz CT molecular complexity index is 930. The number of hydrogen-bond acceptors (Lipinski definition) is 4. The first-order valence-electron chi connectivity index (χ1n) is 7.39. The quantitative estimate of drug-likeness (QED) is 0.663. The van der Waals surface area contributed by atoms with Gasteiger partial charge in [0, 0.05) is 11.6 Å². The summed E-state index contributed by atoms with van der Waals surface area (Å²) in [5.41, 5.74) is 0.703. The SMILES string of the molecule is O=S(=O)(CCCNS(=O)(=O)c1cc(Cl)ccc1Cl)Cc1ccccc1. The molecule has 0 atom stereocenters. The van der Waals surface area contributed by atoms with Crippen LogP contribution < -0.4 is 4.72 Å². The number of sulfone groups is 1. The topological polar surface area (TPSA) is 80.3 Å². The summed E-state index contributed by atoms with van der Waals surface area (Å²) in [6.45, 7) is -0.0147. The fraction of sp³-hybridized carbons (Fsp3) is 0.250. The molecule has 0 radical (unpaired) electrons. The van der Waals surface area contributed by atoms with Crippen LogP contribution in [0.5, 0.6) is 0 Å². The number of benzene rings is 2. The second-order valence-corrected chi connectivity index (χ2v) is 10.2. The van der Waals surface area contributed by atoms with Crippen molar-refractivity contribution in [2.24, 2.45) is 0 Å². The maximum absolute atomic E-state index is 12.2. The molecule has 0 heterocycles. The van der Waals surface area contributed by atoms with Crippen molar-refractivity contribution < 1.29 is 16.8 Å². The second kappa shape index (κ2) is 8.51. The first-order valence-corrected chi connectivity index (χ1v) is 11.4. The minimum absolute atomic E-state index is 0.0147. The smallest absolute Gasteiger partial charge is 0.228 e. The van der Waals surface area contributed by atoms with Gasteiger partial charge < -0.3 is 0 Å². The van der Waals surface area contributed by atoms with E-state index in [1.165, 1.54) is 18.2 Å². The van der Waals surface area contributed by atoms with Gasteiger partial charge in [0.25, 0.3) is 0 Å². The van der Waals surface area contributed by atoms with E-state index in [-0.39, 0.29) is 39.4 Å². The van der Waals surface area contributed by atoms with Crippen molar-refractivity contribution in [3.63, 3.8) is 0 Å². The van der Waals surface area contributed by atoms with Crippen LogP contribution in [0.3, 0.4) is 0 Å². The molecule has 0 aromatic heterocycles. The molecule has 0 bridgehead atoms. The third-order valence-corrected chi connectivity index (χ3v) is 7.20. The van der Waals surface area contributed by atoms with Crippen molar-refractivity contribution in [1.29, 1.82) is 0 Å². The van der Waals surface area contributed by atoms with Gasteiger partial charge in [-0.05, 0) is 30.2 Å². The molecule has 25 heavy (non-hydrogen) atoms. The highest BCUT2D eigenvalue weighted by Crippen LogP contribution is 2.24. The first-order chi connectivity index (χ1) is 11.7. The second-order valence-electron chi connectivity index (χ2n) is 5.40. The van der Waals surface area contributed by atoms with Gasteiger partial charge >= 0.3 is 0 Å². The highest BCUT2D eigenvalue weighted by atomic mass is 35.5. The van der Waals surface area contributed by atoms with E-state index in [1.807, 2.05) is 6.07 Å². The molecule has 0 aliphatic rings. The number of nitrogens with one attached hydrogen (secondary N) is 1. The summed E-state index contributed by atoms with van der Waals surface area (Å²) in [7, 11) is -7.17. The van der Waals surface area contributed by atoms with Crippen LogP contribution in [-0.2, 0) is 25.6 Å². The van der Waals surface area contributed by atoms with Crippen LogP contribution in [0, 0.1) is 0 Å². The maximum Gasteiger partial charge on any atom is 0.242 e. The summed E-state index contributed by atoms with van der Waals surface area (Å²) < 4.78 is 50.9. The van der Waals surface area contributed by atoms with Gasteiger partial charge in [0.05, 0.1) is 16.5 Å². The molecule has 136 valence electrons. The number of halogens is 2. The molecule has 9 heteroatoms. The summed E-state index contributed by atoms with van der Waals surface area (Å²) in [5.74, 6) is -0.186. The van der Waals surface area contributed by atoms with Crippen molar-refractivity contribution >= 4 is 43.1 Å². The summed E-state index contributed by atoms with van der Waals surface area (Å²) in [4.78, 5) is -0.131. The van der Waals surface area contributed by atoms with E-state index in [1.54, 1.807) is 24.3 Å². The lowest BCUT2D eigenvalue weighted by Gasteiger charge is -2.09. The molecule has 2 rings (SSSR count). The average Bonchev–Trinajstić information content (AvgIpc) is 2.54. The Morgan fingerprint density at radius 3 is 2.28 bits per heavy atom. The standard InChI is InChI=1S/C16H17Cl2NO4S2/c17-14-7-8-15(18)16(11-14)25(22,23)19-9-4-10-24(20,21)12-13-5-2-1-3-6-13/h1-3,5-8,11,19H,4,9-10,12H2. The highest BCUT2D eigenvalue weighted by molar-refractivity contribution is 7.90. The Morgan fingerprint density at radius 1 is 0.920 bits per heavy atom. The van der Waals surface area contributed by atoms with Gasteiger partial charge in [-0.2, -0.15) is 0 Å². The van der Waals surface area contributed by atoms with Crippen LogP contribution >= 0.6 is 23.2 Å². The van der Waals surface area contributed by atoms with Crippen LogP contribution in [0.4, 0.5) is 0 Å². The predicted octanol–water partition coefficient (Wildman–Crippen LogP) is 3.28. The van der Waals surface area contributed by atoms with Crippen LogP contribution in [0.1, 0.15) is 12.0 Å². The van der Waals surface area contributed by atoms with Gasteiger partial charge in [0.2, 0.25) is 10.0 Å². The molecule has 0 saturated carbocycles. The highest BCUT2D eigenvalue weighted by Gasteiger charge is 2.18. The molecular formula is C16H17Cl2NO4S2. The van der Waals surface area contributed by atoms with E-state index in [0.717, 1.165) is 0 Å². The molecule has 0 unspecified atom stereocenters. The Hall–Kier alpha value is -1.12. The Kier molecular flexibility index (Phi) is 6.87. The lowest BCUT2D eigenvalue weighted by molar-refractivity contribution is 0.576. The van der Waals surface area contributed by atoms with Gasteiger partial charge in [-0.3, -0.25) is 0 Å². The van der Waals surface area contributed by atoms with E-state index < -0.39 is 19.9 Å². The normalized spacial score (nSPS) is 12.2. The zero-order chi connectivity index (χ0) is 18.5. The van der Waals surface area contributed by atoms with Crippen molar-refractivity contribution in [2.75, 3.05) is 12.3 Å². The molecule has 2 aromatic rings. The van der Waals surface area contributed by atoms with Crippen LogP contribution in [0.25, 0.3) is 0 Å². The molecule has 0 saturated heterocycles. The fourth-order valence-electron chi connectivity index (χ4n) is 2.16. The van der Waals surface area contributed by atoms with E-state index in [2.05, 4.69) is 4.72 Å². The molecular weight excluding hydrogens is 405 g/mol. The predicted molar refractivity (Wildman–Crippen MR) is 100 cm³/mol. The van der Waals surface area contributed by atoms with Crippen molar-refractivity contribution in [1.82, 2.24) is 4.72 Å². The van der Waals surface area contributed by atoms with Crippen molar-refractivity contribution in [2.45, 2.75) is 17.1 Å². The summed E-state index contributed by atoms with van der Waals surface area (Å²) in [5, 5.41) is 0.295. The van der Waals surface area contributed by atoms with Crippen LogP contribution in [0.2, 0.25) is 10.0 Å². The lowest BCUT2D eigenvalue weighted by atomic mass is 10.2. The monoisotopic (exact) mass is 421 g/mol. The lowest BCUT2D eigenvalue weighted by Crippen LogP contribution is -2.26.